The van der Waals surface area contributed by atoms with Crippen LogP contribution in [-0.2, 0) is 11.3 Å². The molecule has 2 N–H and O–H groups in total. The van der Waals surface area contributed by atoms with Gasteiger partial charge in [0, 0.05) is 30.9 Å². The highest BCUT2D eigenvalue weighted by Gasteiger charge is 2.25. The first-order valence-electron chi connectivity index (χ1n) is 10.2. The number of hydrogen-bond acceptors (Lipinski definition) is 5. The molecule has 0 saturated heterocycles. The van der Waals surface area contributed by atoms with E-state index < -0.39 is 0 Å². The minimum atomic E-state index is -0.202. The van der Waals surface area contributed by atoms with Crippen molar-refractivity contribution in [2.75, 3.05) is 11.9 Å². The SMILES string of the molecule is O=C(CCN(Cc1ccccc1)C(=O)c1csc(Nc2ccccc2Cl)n1)NC1CC1. The van der Waals surface area contributed by atoms with Gasteiger partial charge < -0.3 is 15.5 Å². The third-order valence-corrected chi connectivity index (χ3v) is 5.98. The summed E-state index contributed by atoms with van der Waals surface area (Å²) in [6.07, 6.45) is 2.35. The van der Waals surface area contributed by atoms with Gasteiger partial charge in [0.2, 0.25) is 5.91 Å². The Kier molecular flexibility index (Phi) is 6.84. The number of benzene rings is 2. The number of hydrogen-bond donors (Lipinski definition) is 2. The molecule has 1 saturated carbocycles. The van der Waals surface area contributed by atoms with Gasteiger partial charge >= 0.3 is 0 Å². The van der Waals surface area contributed by atoms with Crippen molar-refractivity contribution in [3.05, 3.63) is 76.3 Å². The summed E-state index contributed by atoms with van der Waals surface area (Å²) in [5.74, 6) is -0.223. The van der Waals surface area contributed by atoms with Crippen LogP contribution in [-0.4, -0.2) is 34.3 Å². The Morgan fingerprint density at radius 1 is 1.10 bits per heavy atom. The van der Waals surface area contributed by atoms with Crippen LogP contribution in [0.2, 0.25) is 5.02 Å². The number of aromatic nitrogens is 1. The van der Waals surface area contributed by atoms with E-state index in [-0.39, 0.29) is 18.2 Å². The molecule has 0 bridgehead atoms. The van der Waals surface area contributed by atoms with Gasteiger partial charge in [-0.05, 0) is 30.5 Å². The molecule has 0 radical (unpaired) electrons. The number of halogens is 1. The average molecular weight is 455 g/mol. The largest absolute Gasteiger partial charge is 0.353 e. The summed E-state index contributed by atoms with van der Waals surface area (Å²) in [7, 11) is 0. The highest BCUT2D eigenvalue weighted by atomic mass is 35.5. The van der Waals surface area contributed by atoms with Crippen LogP contribution in [0, 0.1) is 0 Å². The summed E-state index contributed by atoms with van der Waals surface area (Å²) < 4.78 is 0. The molecular formula is C23H23ClN4O2S. The van der Waals surface area contributed by atoms with Gasteiger partial charge in [0.25, 0.3) is 5.91 Å². The molecule has 0 aliphatic heterocycles. The molecule has 0 unspecified atom stereocenters. The Hall–Kier alpha value is -2.90. The molecule has 6 nitrogen and oxygen atoms in total. The average Bonchev–Trinajstić information content (AvgIpc) is 3.47. The first kappa shape index (κ1) is 21.3. The van der Waals surface area contributed by atoms with E-state index in [9.17, 15) is 9.59 Å². The molecule has 1 fully saturated rings. The second kappa shape index (κ2) is 9.94. The lowest BCUT2D eigenvalue weighted by molar-refractivity contribution is -0.121. The van der Waals surface area contributed by atoms with E-state index in [2.05, 4.69) is 15.6 Å². The molecule has 2 amide bonds. The summed E-state index contributed by atoms with van der Waals surface area (Å²) in [5, 5.41) is 9.02. The van der Waals surface area contributed by atoms with Gasteiger partial charge in [0.15, 0.2) is 5.13 Å². The fraction of sp³-hybridized carbons (Fsp3) is 0.261. The summed E-state index contributed by atoms with van der Waals surface area (Å²) in [4.78, 5) is 31.5. The highest BCUT2D eigenvalue weighted by Crippen LogP contribution is 2.27. The fourth-order valence-corrected chi connectivity index (χ4v) is 3.97. The maximum atomic E-state index is 13.2. The van der Waals surface area contributed by atoms with Gasteiger partial charge in [-0.1, -0.05) is 54.1 Å². The third-order valence-electron chi connectivity index (χ3n) is 4.89. The van der Waals surface area contributed by atoms with Crippen LogP contribution in [0.25, 0.3) is 0 Å². The zero-order valence-electron chi connectivity index (χ0n) is 16.9. The van der Waals surface area contributed by atoms with Crippen LogP contribution in [0.15, 0.2) is 60.0 Å². The first-order valence-corrected chi connectivity index (χ1v) is 11.4. The van der Waals surface area contributed by atoms with E-state index in [0.717, 1.165) is 24.1 Å². The number of carbonyl (C=O) groups is 2. The van der Waals surface area contributed by atoms with Gasteiger partial charge in [-0.2, -0.15) is 0 Å². The molecular weight excluding hydrogens is 432 g/mol. The van der Waals surface area contributed by atoms with E-state index in [1.54, 1.807) is 16.3 Å². The number of nitrogens with one attached hydrogen (secondary N) is 2. The molecule has 0 atom stereocenters. The van der Waals surface area contributed by atoms with Crippen LogP contribution in [0.5, 0.6) is 0 Å². The number of rotatable bonds is 9. The zero-order chi connectivity index (χ0) is 21.6. The number of amides is 2. The van der Waals surface area contributed by atoms with Crippen LogP contribution in [0.4, 0.5) is 10.8 Å². The molecule has 3 aromatic rings. The Morgan fingerprint density at radius 3 is 2.58 bits per heavy atom. The molecule has 1 heterocycles. The Bertz CT molecular complexity index is 1050. The maximum absolute atomic E-state index is 13.2. The van der Waals surface area contributed by atoms with Crippen molar-refractivity contribution in [2.45, 2.75) is 31.8 Å². The topological polar surface area (TPSA) is 74.3 Å². The molecule has 8 heteroatoms. The standard InChI is InChI=1S/C23H23ClN4O2S/c24-18-8-4-5-9-19(18)26-23-27-20(15-31-23)22(30)28(14-16-6-2-1-3-7-16)13-12-21(29)25-17-10-11-17/h1-9,15,17H,10-14H2,(H,25,29)(H,26,27). The fourth-order valence-electron chi connectivity index (χ4n) is 3.09. The molecule has 31 heavy (non-hydrogen) atoms. The van der Waals surface area contributed by atoms with Crippen LogP contribution >= 0.6 is 22.9 Å². The van der Waals surface area contributed by atoms with Crippen LogP contribution < -0.4 is 10.6 Å². The van der Waals surface area contributed by atoms with E-state index in [4.69, 9.17) is 11.6 Å². The summed E-state index contributed by atoms with van der Waals surface area (Å²) in [5.41, 5.74) is 2.08. The van der Waals surface area contributed by atoms with E-state index in [1.807, 2.05) is 48.5 Å². The monoisotopic (exact) mass is 454 g/mol. The lowest BCUT2D eigenvalue weighted by Gasteiger charge is -2.22. The summed E-state index contributed by atoms with van der Waals surface area (Å²) in [6, 6.07) is 17.4. The van der Waals surface area contributed by atoms with Crippen molar-refractivity contribution in [1.82, 2.24) is 15.2 Å². The quantitative estimate of drug-likeness (QED) is 0.484. The minimum Gasteiger partial charge on any atom is -0.353 e. The zero-order valence-corrected chi connectivity index (χ0v) is 18.5. The predicted molar refractivity (Wildman–Crippen MR) is 124 cm³/mol. The van der Waals surface area contributed by atoms with Crippen molar-refractivity contribution < 1.29 is 9.59 Å². The van der Waals surface area contributed by atoms with Crippen LogP contribution in [0.3, 0.4) is 0 Å². The van der Waals surface area contributed by atoms with Gasteiger partial charge in [0.05, 0.1) is 10.7 Å². The van der Waals surface area contributed by atoms with E-state index in [0.29, 0.717) is 35.0 Å². The van der Waals surface area contributed by atoms with Gasteiger partial charge in [-0.25, -0.2) is 4.98 Å². The van der Waals surface area contributed by atoms with Crippen molar-refractivity contribution in [2.24, 2.45) is 0 Å². The van der Waals surface area contributed by atoms with E-state index >= 15 is 0 Å². The molecule has 0 spiro atoms. The number of nitrogens with zero attached hydrogens (tertiary/aromatic N) is 2. The number of para-hydroxylation sites is 1. The van der Waals surface area contributed by atoms with Crippen molar-refractivity contribution in [1.29, 1.82) is 0 Å². The molecule has 4 rings (SSSR count). The number of thiazole rings is 1. The Labute approximate surface area is 190 Å². The smallest absolute Gasteiger partial charge is 0.273 e. The predicted octanol–water partition coefficient (Wildman–Crippen LogP) is 4.85. The van der Waals surface area contributed by atoms with Crippen molar-refractivity contribution >= 4 is 45.6 Å². The Balaban J connectivity index is 1.45. The molecule has 1 aliphatic carbocycles. The summed E-state index contributed by atoms with van der Waals surface area (Å²) in [6.45, 7) is 0.748. The van der Waals surface area contributed by atoms with Crippen molar-refractivity contribution in [3.63, 3.8) is 0 Å². The maximum Gasteiger partial charge on any atom is 0.273 e. The van der Waals surface area contributed by atoms with Gasteiger partial charge in [-0.3, -0.25) is 9.59 Å². The molecule has 160 valence electrons. The molecule has 2 aromatic carbocycles. The lowest BCUT2D eigenvalue weighted by Crippen LogP contribution is -2.35. The van der Waals surface area contributed by atoms with Crippen molar-refractivity contribution in [3.8, 4) is 0 Å². The normalized spacial score (nSPS) is 12.9. The van der Waals surface area contributed by atoms with E-state index in [1.165, 1.54) is 11.3 Å². The highest BCUT2D eigenvalue weighted by molar-refractivity contribution is 7.14. The number of carbonyl (C=O) groups excluding carboxylic acids is 2. The Morgan fingerprint density at radius 2 is 1.84 bits per heavy atom. The molecule has 1 aliphatic rings. The number of anilines is 2. The first-order chi connectivity index (χ1) is 15.1. The summed E-state index contributed by atoms with van der Waals surface area (Å²) >= 11 is 7.54. The molecule has 1 aromatic heterocycles. The van der Waals surface area contributed by atoms with Crippen LogP contribution in [0.1, 0.15) is 35.3 Å². The third kappa shape index (κ3) is 6.06. The van der Waals surface area contributed by atoms with Gasteiger partial charge in [-0.15, -0.1) is 11.3 Å². The second-order valence-electron chi connectivity index (χ2n) is 7.45. The van der Waals surface area contributed by atoms with Gasteiger partial charge in [0.1, 0.15) is 5.69 Å². The lowest BCUT2D eigenvalue weighted by atomic mass is 10.2. The second-order valence-corrected chi connectivity index (χ2v) is 8.71. The minimum absolute atomic E-state index is 0.0206.